The summed E-state index contributed by atoms with van der Waals surface area (Å²) >= 11 is 0. The fourth-order valence-electron chi connectivity index (χ4n) is 1.12. The number of hydrogen-bond donors (Lipinski definition) is 1. The number of hydrogen-bond acceptors (Lipinski definition) is 6. The highest BCUT2D eigenvalue weighted by atomic mass is 32.2. The molecule has 0 aliphatic heterocycles. The van der Waals surface area contributed by atoms with Crippen molar-refractivity contribution in [3.8, 4) is 0 Å². The summed E-state index contributed by atoms with van der Waals surface area (Å²) in [6.07, 6.45) is -0.940. The van der Waals surface area contributed by atoms with Crippen LogP contribution in [-0.4, -0.2) is 49.0 Å². The van der Waals surface area contributed by atoms with Crippen LogP contribution in [0.4, 0.5) is 4.39 Å². The number of rotatable bonds is 8. The highest BCUT2D eigenvalue weighted by Gasteiger charge is 2.45. The molecule has 0 aromatic rings. The van der Waals surface area contributed by atoms with Crippen molar-refractivity contribution in [3.63, 3.8) is 0 Å². The largest absolute Gasteiger partial charge is 0.462 e. The van der Waals surface area contributed by atoms with E-state index in [1.807, 2.05) is 0 Å². The SMILES string of the molecule is CCC(C)(C)C(=O)OC(C)C(C)(F)C(=O)OCCS(=O)(=O)O. The molecule has 0 aliphatic rings. The van der Waals surface area contributed by atoms with Gasteiger partial charge in [0.25, 0.3) is 10.1 Å². The van der Waals surface area contributed by atoms with E-state index in [0.717, 1.165) is 6.92 Å². The molecule has 0 saturated heterocycles. The molecule has 1 N–H and O–H groups in total. The van der Waals surface area contributed by atoms with Crippen molar-refractivity contribution < 1.29 is 36.4 Å². The van der Waals surface area contributed by atoms with Gasteiger partial charge in [-0.25, -0.2) is 9.18 Å². The maximum absolute atomic E-state index is 14.4. The molecule has 0 bridgehead atoms. The second-order valence-corrected chi connectivity index (χ2v) is 7.35. The van der Waals surface area contributed by atoms with Crippen LogP contribution in [0.5, 0.6) is 0 Å². The van der Waals surface area contributed by atoms with Crippen molar-refractivity contribution in [3.05, 3.63) is 0 Å². The molecular weight excluding hydrogens is 319 g/mol. The standard InChI is InChI=1S/C13H23FO7S/c1-6-12(3,4)10(15)21-9(2)13(5,14)11(16)20-7-8-22(17,18)19/h9H,6-8H2,1-5H3,(H,17,18,19). The summed E-state index contributed by atoms with van der Waals surface area (Å²) < 4.78 is 53.3. The average molecular weight is 342 g/mol. The van der Waals surface area contributed by atoms with Gasteiger partial charge in [0.05, 0.1) is 5.41 Å². The number of esters is 2. The van der Waals surface area contributed by atoms with E-state index in [4.69, 9.17) is 9.29 Å². The zero-order valence-corrected chi connectivity index (χ0v) is 14.2. The van der Waals surface area contributed by atoms with Crippen LogP contribution in [-0.2, 0) is 29.2 Å². The number of carbonyl (C=O) groups excluding carboxylic acids is 2. The van der Waals surface area contributed by atoms with Gasteiger partial charge in [-0.3, -0.25) is 9.35 Å². The van der Waals surface area contributed by atoms with Crippen LogP contribution in [0.2, 0.25) is 0 Å². The molecule has 2 unspecified atom stereocenters. The van der Waals surface area contributed by atoms with Crippen molar-refractivity contribution in [1.29, 1.82) is 0 Å². The summed E-state index contributed by atoms with van der Waals surface area (Å²) in [5, 5.41) is 0. The van der Waals surface area contributed by atoms with E-state index in [0.29, 0.717) is 6.42 Å². The molecule has 0 spiro atoms. The summed E-state index contributed by atoms with van der Waals surface area (Å²) in [5.74, 6) is -2.87. The molecule has 0 saturated carbocycles. The summed E-state index contributed by atoms with van der Waals surface area (Å²) in [4.78, 5) is 23.5. The Kier molecular flexibility index (Phi) is 6.96. The van der Waals surface area contributed by atoms with Crippen molar-refractivity contribution in [2.24, 2.45) is 5.41 Å². The Labute approximate surface area is 129 Å². The van der Waals surface area contributed by atoms with Gasteiger partial charge in [0.1, 0.15) is 18.5 Å². The van der Waals surface area contributed by atoms with E-state index >= 15 is 0 Å². The molecule has 2 atom stereocenters. The lowest BCUT2D eigenvalue weighted by Crippen LogP contribution is -2.46. The van der Waals surface area contributed by atoms with Crippen molar-refractivity contribution in [2.45, 2.75) is 52.8 Å². The van der Waals surface area contributed by atoms with Crippen LogP contribution in [0.25, 0.3) is 0 Å². The highest BCUT2D eigenvalue weighted by molar-refractivity contribution is 7.85. The van der Waals surface area contributed by atoms with E-state index in [1.165, 1.54) is 6.92 Å². The summed E-state index contributed by atoms with van der Waals surface area (Å²) in [7, 11) is -4.31. The van der Waals surface area contributed by atoms with Gasteiger partial charge in [0.15, 0.2) is 0 Å². The minimum Gasteiger partial charge on any atom is -0.462 e. The second-order valence-electron chi connectivity index (χ2n) is 5.78. The quantitative estimate of drug-likeness (QED) is 0.526. The summed E-state index contributed by atoms with van der Waals surface area (Å²) in [6, 6.07) is 0. The predicted molar refractivity (Wildman–Crippen MR) is 76.5 cm³/mol. The lowest BCUT2D eigenvalue weighted by molar-refractivity contribution is -0.177. The molecule has 9 heteroatoms. The smallest absolute Gasteiger partial charge is 0.347 e. The Balaban J connectivity index is 4.71. The highest BCUT2D eigenvalue weighted by Crippen LogP contribution is 2.26. The number of alkyl halides is 1. The molecule has 7 nitrogen and oxygen atoms in total. The maximum atomic E-state index is 14.4. The first-order valence-electron chi connectivity index (χ1n) is 6.76. The van der Waals surface area contributed by atoms with Gasteiger partial charge in [0, 0.05) is 0 Å². The number of halogens is 1. The monoisotopic (exact) mass is 342 g/mol. The first-order valence-corrected chi connectivity index (χ1v) is 8.37. The first-order chi connectivity index (χ1) is 9.74. The number of carbonyl (C=O) groups is 2. The fourth-order valence-corrected chi connectivity index (χ4v) is 1.42. The van der Waals surface area contributed by atoms with Crippen LogP contribution in [0.1, 0.15) is 41.0 Å². The minimum atomic E-state index is -4.31. The molecule has 0 aromatic carbocycles. The van der Waals surface area contributed by atoms with E-state index in [2.05, 4.69) is 4.74 Å². The Bertz CT molecular complexity index is 510. The fraction of sp³-hybridized carbons (Fsp3) is 0.846. The third kappa shape index (κ3) is 6.27. The van der Waals surface area contributed by atoms with Crippen LogP contribution in [0.15, 0.2) is 0 Å². The van der Waals surface area contributed by atoms with Gasteiger partial charge in [-0.1, -0.05) is 6.92 Å². The van der Waals surface area contributed by atoms with Crippen LogP contribution in [0, 0.1) is 5.41 Å². The van der Waals surface area contributed by atoms with E-state index in [1.54, 1.807) is 20.8 Å². The van der Waals surface area contributed by atoms with E-state index in [-0.39, 0.29) is 0 Å². The van der Waals surface area contributed by atoms with Crippen LogP contribution < -0.4 is 0 Å². The van der Waals surface area contributed by atoms with Crippen LogP contribution in [0.3, 0.4) is 0 Å². The zero-order chi connectivity index (χ0) is 17.8. The average Bonchev–Trinajstić information content (AvgIpc) is 2.36. The third-order valence-electron chi connectivity index (χ3n) is 3.46. The lowest BCUT2D eigenvalue weighted by atomic mass is 9.90. The molecule has 0 heterocycles. The molecule has 0 amide bonds. The molecular formula is C13H23FO7S. The maximum Gasteiger partial charge on any atom is 0.347 e. The van der Waals surface area contributed by atoms with Gasteiger partial charge in [-0.15, -0.1) is 0 Å². The Morgan fingerprint density at radius 2 is 1.73 bits per heavy atom. The second kappa shape index (κ2) is 7.36. The zero-order valence-electron chi connectivity index (χ0n) is 13.4. The molecule has 0 radical (unpaired) electrons. The normalized spacial score (nSPS) is 16.5. The van der Waals surface area contributed by atoms with Gasteiger partial charge in [-0.05, 0) is 34.1 Å². The minimum absolute atomic E-state index is 0.473. The molecule has 130 valence electrons. The Hall–Kier alpha value is -1.22. The van der Waals surface area contributed by atoms with Gasteiger partial charge >= 0.3 is 11.9 Å². The summed E-state index contributed by atoms with van der Waals surface area (Å²) in [6.45, 7) is 6.40. The van der Waals surface area contributed by atoms with Gasteiger partial charge in [0.2, 0.25) is 5.67 Å². The first kappa shape index (κ1) is 20.8. The molecule has 0 fully saturated rings. The van der Waals surface area contributed by atoms with E-state index in [9.17, 15) is 22.4 Å². The molecule has 0 rings (SSSR count). The summed E-state index contributed by atoms with van der Waals surface area (Å²) in [5.41, 5.74) is -3.46. The molecule has 0 aromatic heterocycles. The van der Waals surface area contributed by atoms with Crippen LogP contribution >= 0.6 is 0 Å². The van der Waals surface area contributed by atoms with E-state index < -0.39 is 51.6 Å². The molecule has 0 aliphatic carbocycles. The van der Waals surface area contributed by atoms with Crippen molar-refractivity contribution in [2.75, 3.05) is 12.4 Å². The predicted octanol–water partition coefficient (Wildman–Crippen LogP) is 1.51. The Morgan fingerprint density at radius 3 is 2.14 bits per heavy atom. The molecule has 22 heavy (non-hydrogen) atoms. The van der Waals surface area contributed by atoms with Gasteiger partial charge < -0.3 is 9.47 Å². The topological polar surface area (TPSA) is 107 Å². The van der Waals surface area contributed by atoms with Crippen molar-refractivity contribution >= 4 is 22.1 Å². The lowest BCUT2D eigenvalue weighted by Gasteiger charge is -2.29. The van der Waals surface area contributed by atoms with Gasteiger partial charge in [-0.2, -0.15) is 8.42 Å². The van der Waals surface area contributed by atoms with Crippen molar-refractivity contribution in [1.82, 2.24) is 0 Å². The number of ether oxygens (including phenoxy) is 2. The third-order valence-corrected chi connectivity index (χ3v) is 4.14. The Morgan fingerprint density at radius 1 is 1.23 bits per heavy atom.